The first kappa shape index (κ1) is 21.8. The van der Waals surface area contributed by atoms with Crippen molar-refractivity contribution >= 4 is 17.6 Å². The number of nitrogens with one attached hydrogen (secondary N) is 1. The maximum absolute atomic E-state index is 12.8. The molecule has 0 unspecified atom stereocenters. The molecular formula is C21H30N2O5. The average molecular weight is 390 g/mol. The molecule has 0 saturated heterocycles. The fourth-order valence-electron chi connectivity index (χ4n) is 3.33. The Morgan fingerprint density at radius 2 is 1.75 bits per heavy atom. The second kappa shape index (κ2) is 9.10. The molecule has 1 heterocycles. The molecule has 0 aromatic heterocycles. The van der Waals surface area contributed by atoms with Gasteiger partial charge >= 0.3 is 5.97 Å². The standard InChI is InChI=1S/C21H30N2O5/c1-12(2)15-9-14(10-16(13(3)4)19(15)27-5)22-18-17(21(26)28-6)11-23(7-8-24)20(18)25/h9-10,12-13,22,24H,7-8,11H2,1-6H3. The molecule has 0 saturated carbocycles. The number of carbonyl (C=O) groups is 2. The maximum atomic E-state index is 12.8. The summed E-state index contributed by atoms with van der Waals surface area (Å²) < 4.78 is 10.5. The second-order valence-corrected chi connectivity index (χ2v) is 7.42. The molecule has 28 heavy (non-hydrogen) atoms. The predicted octanol–water partition coefficient (Wildman–Crippen LogP) is 2.62. The summed E-state index contributed by atoms with van der Waals surface area (Å²) in [6.45, 7) is 8.40. The van der Waals surface area contributed by atoms with Gasteiger partial charge in [0.2, 0.25) is 0 Å². The number of ether oxygens (including phenoxy) is 2. The highest BCUT2D eigenvalue weighted by atomic mass is 16.5. The van der Waals surface area contributed by atoms with Gasteiger partial charge in [-0.2, -0.15) is 0 Å². The lowest BCUT2D eigenvalue weighted by Crippen LogP contribution is -2.31. The van der Waals surface area contributed by atoms with E-state index in [1.807, 2.05) is 12.1 Å². The molecule has 1 aromatic carbocycles. The molecule has 0 spiro atoms. The van der Waals surface area contributed by atoms with Crippen LogP contribution < -0.4 is 10.1 Å². The van der Waals surface area contributed by atoms with E-state index in [1.54, 1.807) is 7.11 Å². The number of anilines is 1. The normalized spacial score (nSPS) is 14.3. The topological polar surface area (TPSA) is 88.1 Å². The van der Waals surface area contributed by atoms with Gasteiger partial charge in [0.1, 0.15) is 11.4 Å². The summed E-state index contributed by atoms with van der Waals surface area (Å²) in [6.07, 6.45) is 0. The zero-order valence-corrected chi connectivity index (χ0v) is 17.5. The quantitative estimate of drug-likeness (QED) is 0.664. The van der Waals surface area contributed by atoms with Gasteiger partial charge in [-0.25, -0.2) is 4.79 Å². The Kier molecular flexibility index (Phi) is 7.07. The van der Waals surface area contributed by atoms with Crippen LogP contribution in [0, 0.1) is 0 Å². The van der Waals surface area contributed by atoms with Crippen molar-refractivity contribution in [3.63, 3.8) is 0 Å². The third kappa shape index (κ3) is 4.30. The van der Waals surface area contributed by atoms with Crippen molar-refractivity contribution in [1.29, 1.82) is 0 Å². The number of esters is 1. The minimum Gasteiger partial charge on any atom is -0.496 e. The monoisotopic (exact) mass is 390 g/mol. The summed E-state index contributed by atoms with van der Waals surface area (Å²) >= 11 is 0. The van der Waals surface area contributed by atoms with Crippen LogP contribution in [0.3, 0.4) is 0 Å². The third-order valence-electron chi connectivity index (χ3n) is 4.82. The number of carbonyl (C=O) groups excluding carboxylic acids is 2. The van der Waals surface area contributed by atoms with Crippen LogP contribution in [0.5, 0.6) is 5.75 Å². The number of nitrogens with zero attached hydrogens (tertiary/aromatic N) is 1. The van der Waals surface area contributed by atoms with Crippen LogP contribution >= 0.6 is 0 Å². The van der Waals surface area contributed by atoms with Crippen molar-refractivity contribution in [2.75, 3.05) is 39.2 Å². The molecule has 2 rings (SSSR count). The van der Waals surface area contributed by atoms with Crippen molar-refractivity contribution in [3.8, 4) is 5.75 Å². The molecule has 1 amide bonds. The lowest BCUT2D eigenvalue weighted by Gasteiger charge is -2.21. The molecule has 1 aliphatic rings. The second-order valence-electron chi connectivity index (χ2n) is 7.42. The SMILES string of the molecule is COC(=O)C1=C(Nc2cc(C(C)C)c(OC)c(C(C)C)c2)C(=O)N(CCO)C1. The Labute approximate surface area is 166 Å². The molecule has 154 valence electrons. The summed E-state index contributed by atoms with van der Waals surface area (Å²) in [5.41, 5.74) is 3.20. The number of aliphatic hydroxyl groups is 1. The molecule has 0 aliphatic carbocycles. The fraction of sp³-hybridized carbons (Fsp3) is 0.524. The Bertz CT molecular complexity index is 754. The number of β-amino-alcohol motifs (C(OH)–C–C–N with tert-alkyl or cyclic N) is 1. The Morgan fingerprint density at radius 1 is 1.18 bits per heavy atom. The van der Waals surface area contributed by atoms with Crippen LogP contribution in [0.25, 0.3) is 0 Å². The number of aliphatic hydroxyl groups excluding tert-OH is 1. The largest absolute Gasteiger partial charge is 0.496 e. The van der Waals surface area contributed by atoms with Crippen molar-refractivity contribution in [1.82, 2.24) is 4.90 Å². The van der Waals surface area contributed by atoms with Crippen molar-refractivity contribution in [2.24, 2.45) is 0 Å². The van der Waals surface area contributed by atoms with Gasteiger partial charge in [0.05, 0.1) is 32.9 Å². The van der Waals surface area contributed by atoms with Crippen LogP contribution in [0.1, 0.15) is 50.7 Å². The highest BCUT2D eigenvalue weighted by Crippen LogP contribution is 2.38. The first-order valence-electron chi connectivity index (χ1n) is 9.45. The van der Waals surface area contributed by atoms with E-state index in [0.717, 1.165) is 16.9 Å². The van der Waals surface area contributed by atoms with Gasteiger partial charge < -0.3 is 24.8 Å². The van der Waals surface area contributed by atoms with Crippen LogP contribution in [-0.4, -0.2) is 55.8 Å². The molecule has 0 atom stereocenters. The van der Waals surface area contributed by atoms with E-state index in [4.69, 9.17) is 9.47 Å². The molecular weight excluding hydrogens is 360 g/mol. The summed E-state index contributed by atoms with van der Waals surface area (Å²) in [7, 11) is 2.94. The number of hydrogen-bond acceptors (Lipinski definition) is 6. The molecule has 2 N–H and O–H groups in total. The Morgan fingerprint density at radius 3 is 2.18 bits per heavy atom. The van der Waals surface area contributed by atoms with Gasteiger partial charge in [0, 0.05) is 12.2 Å². The van der Waals surface area contributed by atoms with Gasteiger partial charge in [0.15, 0.2) is 0 Å². The molecule has 0 bridgehead atoms. The van der Waals surface area contributed by atoms with Crippen LogP contribution in [0.15, 0.2) is 23.4 Å². The van der Waals surface area contributed by atoms with E-state index in [0.29, 0.717) is 5.69 Å². The van der Waals surface area contributed by atoms with Crippen LogP contribution in [0.2, 0.25) is 0 Å². The molecule has 1 aromatic rings. The predicted molar refractivity (Wildman–Crippen MR) is 108 cm³/mol. The minimum atomic E-state index is -0.557. The zero-order chi connectivity index (χ0) is 21.0. The van der Waals surface area contributed by atoms with Crippen molar-refractivity contribution < 1.29 is 24.2 Å². The van der Waals surface area contributed by atoms with Gasteiger partial charge in [-0.3, -0.25) is 4.79 Å². The molecule has 7 nitrogen and oxygen atoms in total. The lowest BCUT2D eigenvalue weighted by atomic mass is 9.93. The van der Waals surface area contributed by atoms with Gasteiger partial charge in [-0.15, -0.1) is 0 Å². The van der Waals surface area contributed by atoms with E-state index in [1.165, 1.54) is 12.0 Å². The van der Waals surface area contributed by atoms with Crippen LogP contribution in [-0.2, 0) is 14.3 Å². The first-order chi connectivity index (χ1) is 13.2. The van der Waals surface area contributed by atoms with E-state index in [9.17, 15) is 14.7 Å². The van der Waals surface area contributed by atoms with Crippen molar-refractivity contribution in [2.45, 2.75) is 39.5 Å². The maximum Gasteiger partial charge on any atom is 0.337 e. The zero-order valence-electron chi connectivity index (χ0n) is 17.5. The highest BCUT2D eigenvalue weighted by molar-refractivity contribution is 6.08. The first-order valence-corrected chi connectivity index (χ1v) is 9.45. The van der Waals surface area contributed by atoms with Gasteiger partial charge in [0.25, 0.3) is 5.91 Å². The summed E-state index contributed by atoms with van der Waals surface area (Å²) in [5.74, 6) is 0.389. The Balaban J connectivity index is 2.52. The number of rotatable bonds is 8. The van der Waals surface area contributed by atoms with E-state index < -0.39 is 5.97 Å². The molecule has 0 fully saturated rings. The highest BCUT2D eigenvalue weighted by Gasteiger charge is 2.34. The third-order valence-corrected chi connectivity index (χ3v) is 4.82. The smallest absolute Gasteiger partial charge is 0.337 e. The van der Waals surface area contributed by atoms with Gasteiger partial charge in [-0.1, -0.05) is 27.7 Å². The summed E-state index contributed by atoms with van der Waals surface area (Å²) in [6, 6.07) is 3.89. The molecule has 7 heteroatoms. The van der Waals surface area contributed by atoms with Crippen molar-refractivity contribution in [3.05, 3.63) is 34.5 Å². The molecule has 0 radical (unpaired) electrons. The number of amides is 1. The molecule has 1 aliphatic heterocycles. The lowest BCUT2D eigenvalue weighted by molar-refractivity contribution is -0.136. The number of hydrogen-bond donors (Lipinski definition) is 2. The van der Waals surface area contributed by atoms with Gasteiger partial charge in [-0.05, 0) is 35.1 Å². The Hall–Kier alpha value is -2.54. The number of benzene rings is 1. The summed E-state index contributed by atoms with van der Waals surface area (Å²) in [5, 5.41) is 12.3. The minimum absolute atomic E-state index is 0.110. The summed E-state index contributed by atoms with van der Waals surface area (Å²) in [4.78, 5) is 26.4. The fourth-order valence-corrected chi connectivity index (χ4v) is 3.33. The van der Waals surface area contributed by atoms with Crippen LogP contribution in [0.4, 0.5) is 5.69 Å². The van der Waals surface area contributed by atoms with E-state index >= 15 is 0 Å². The average Bonchev–Trinajstić information content (AvgIpc) is 2.96. The number of methoxy groups -OCH3 is 2. The van der Waals surface area contributed by atoms with E-state index in [-0.39, 0.29) is 48.7 Å². The van der Waals surface area contributed by atoms with E-state index in [2.05, 4.69) is 33.0 Å².